The Morgan fingerprint density at radius 3 is 2.78 bits per heavy atom. The molecule has 3 aromatic heterocycles. The van der Waals surface area contributed by atoms with E-state index >= 15 is 0 Å². The van der Waals surface area contributed by atoms with Gasteiger partial charge in [-0.25, -0.2) is 9.97 Å². The van der Waals surface area contributed by atoms with Gasteiger partial charge < -0.3 is 9.84 Å². The van der Waals surface area contributed by atoms with Gasteiger partial charge in [-0.1, -0.05) is 30.3 Å². The van der Waals surface area contributed by atoms with Gasteiger partial charge in [0.25, 0.3) is 11.8 Å². The van der Waals surface area contributed by atoms with Crippen molar-refractivity contribution in [3.63, 3.8) is 0 Å². The lowest BCUT2D eigenvalue weighted by molar-refractivity contribution is 0.102. The lowest BCUT2D eigenvalue weighted by Crippen LogP contribution is -2.12. The van der Waals surface area contributed by atoms with Crippen LogP contribution in [0.5, 0.6) is 0 Å². The Balaban J connectivity index is 1.63. The Bertz CT molecular complexity index is 1070. The highest BCUT2D eigenvalue weighted by atomic mass is 16.5. The van der Waals surface area contributed by atoms with Crippen molar-refractivity contribution in [3.8, 4) is 17.3 Å². The van der Waals surface area contributed by atoms with Crippen molar-refractivity contribution >= 4 is 11.6 Å². The number of amides is 1. The molecule has 0 atom stereocenters. The van der Waals surface area contributed by atoms with E-state index in [1.807, 2.05) is 43.3 Å². The van der Waals surface area contributed by atoms with Crippen LogP contribution in [0.2, 0.25) is 0 Å². The molecule has 134 valence electrons. The van der Waals surface area contributed by atoms with Gasteiger partial charge in [0.15, 0.2) is 11.6 Å². The summed E-state index contributed by atoms with van der Waals surface area (Å²) in [6, 6.07) is 12.8. The molecular formula is C19H16N6O2. The highest BCUT2D eigenvalue weighted by molar-refractivity contribution is 6.02. The molecule has 0 aliphatic rings. The second-order valence-electron chi connectivity index (χ2n) is 5.73. The zero-order valence-electron chi connectivity index (χ0n) is 14.5. The van der Waals surface area contributed by atoms with E-state index in [0.29, 0.717) is 35.2 Å². The van der Waals surface area contributed by atoms with E-state index in [1.165, 1.54) is 6.33 Å². The molecule has 27 heavy (non-hydrogen) atoms. The minimum Gasteiger partial charge on any atom is -0.334 e. The van der Waals surface area contributed by atoms with Crippen LogP contribution in [-0.4, -0.2) is 30.6 Å². The summed E-state index contributed by atoms with van der Waals surface area (Å²) in [5.74, 6) is 1.24. The number of nitrogens with one attached hydrogen (secondary N) is 1. The standard InChI is InChI=1S/C19H16N6O2/c1-2-16-23-19(27-24-16)14-9-6-10-20-17(14)25-11-15(21-12-25)18(26)22-13-7-4-3-5-8-13/h3-12H,2H2,1H3,(H,22,26). The first-order valence-electron chi connectivity index (χ1n) is 8.43. The van der Waals surface area contributed by atoms with Gasteiger partial charge in [-0.15, -0.1) is 0 Å². The zero-order valence-corrected chi connectivity index (χ0v) is 14.5. The smallest absolute Gasteiger partial charge is 0.275 e. The molecule has 0 bridgehead atoms. The van der Waals surface area contributed by atoms with E-state index in [9.17, 15) is 4.79 Å². The molecule has 0 fully saturated rings. The summed E-state index contributed by atoms with van der Waals surface area (Å²) in [6.45, 7) is 1.95. The largest absolute Gasteiger partial charge is 0.334 e. The quantitative estimate of drug-likeness (QED) is 0.587. The lowest BCUT2D eigenvalue weighted by Gasteiger charge is -2.05. The van der Waals surface area contributed by atoms with Crippen molar-refractivity contribution in [3.05, 3.63) is 72.7 Å². The maximum Gasteiger partial charge on any atom is 0.275 e. The molecule has 8 nitrogen and oxygen atoms in total. The van der Waals surface area contributed by atoms with Crippen molar-refractivity contribution in [2.45, 2.75) is 13.3 Å². The Morgan fingerprint density at radius 2 is 2.00 bits per heavy atom. The molecule has 4 rings (SSSR count). The molecule has 0 aliphatic heterocycles. The number of nitrogens with zero attached hydrogens (tertiary/aromatic N) is 5. The summed E-state index contributed by atoms with van der Waals surface area (Å²) in [4.78, 5) is 25.3. The normalized spacial score (nSPS) is 10.7. The molecule has 0 saturated heterocycles. The molecular weight excluding hydrogens is 344 g/mol. The minimum atomic E-state index is -0.302. The third-order valence-corrected chi connectivity index (χ3v) is 3.89. The van der Waals surface area contributed by atoms with Crippen LogP contribution >= 0.6 is 0 Å². The summed E-state index contributed by atoms with van der Waals surface area (Å²) >= 11 is 0. The number of aryl methyl sites for hydroxylation is 1. The van der Waals surface area contributed by atoms with Crippen LogP contribution in [0.3, 0.4) is 0 Å². The van der Waals surface area contributed by atoms with Crippen LogP contribution in [0, 0.1) is 0 Å². The first-order chi connectivity index (χ1) is 13.2. The van der Waals surface area contributed by atoms with Crippen molar-refractivity contribution in [2.24, 2.45) is 0 Å². The maximum absolute atomic E-state index is 12.4. The summed E-state index contributed by atoms with van der Waals surface area (Å²) in [7, 11) is 0. The van der Waals surface area contributed by atoms with Gasteiger partial charge in [0.2, 0.25) is 0 Å². The third-order valence-electron chi connectivity index (χ3n) is 3.89. The molecule has 1 aromatic carbocycles. The molecule has 3 heterocycles. The summed E-state index contributed by atoms with van der Waals surface area (Å²) in [5.41, 5.74) is 1.64. The van der Waals surface area contributed by atoms with E-state index in [0.717, 1.165) is 0 Å². The number of carbonyl (C=O) groups excluding carboxylic acids is 1. The first-order valence-corrected chi connectivity index (χ1v) is 8.43. The summed E-state index contributed by atoms with van der Waals surface area (Å²) in [5, 5.41) is 6.73. The van der Waals surface area contributed by atoms with Crippen LogP contribution < -0.4 is 5.32 Å². The number of pyridine rings is 1. The van der Waals surface area contributed by atoms with E-state index in [4.69, 9.17) is 4.52 Å². The van der Waals surface area contributed by atoms with E-state index in [2.05, 4.69) is 25.4 Å². The zero-order chi connectivity index (χ0) is 18.6. The Hall–Kier alpha value is -3.81. The van der Waals surface area contributed by atoms with Gasteiger partial charge in [0.05, 0.1) is 5.56 Å². The number of carbonyl (C=O) groups is 1. The van der Waals surface area contributed by atoms with Crippen LogP contribution in [0.1, 0.15) is 23.2 Å². The number of benzene rings is 1. The monoisotopic (exact) mass is 360 g/mol. The number of hydrogen-bond donors (Lipinski definition) is 1. The second-order valence-corrected chi connectivity index (χ2v) is 5.73. The Labute approximate surface area is 154 Å². The average molecular weight is 360 g/mol. The molecule has 1 amide bonds. The van der Waals surface area contributed by atoms with Gasteiger partial charge in [-0.05, 0) is 24.3 Å². The molecule has 0 saturated carbocycles. The number of rotatable bonds is 5. The molecule has 4 aromatic rings. The molecule has 0 radical (unpaired) electrons. The Kier molecular flexibility index (Phi) is 4.44. The van der Waals surface area contributed by atoms with Crippen LogP contribution in [0.15, 0.2) is 65.7 Å². The fourth-order valence-corrected chi connectivity index (χ4v) is 2.55. The van der Waals surface area contributed by atoms with Gasteiger partial charge in [0, 0.05) is 24.5 Å². The van der Waals surface area contributed by atoms with Gasteiger partial charge in [-0.2, -0.15) is 4.98 Å². The van der Waals surface area contributed by atoms with E-state index < -0.39 is 0 Å². The fraction of sp³-hybridized carbons (Fsp3) is 0.105. The molecule has 0 spiro atoms. The molecule has 1 N–H and O–H groups in total. The maximum atomic E-state index is 12.4. The highest BCUT2D eigenvalue weighted by Crippen LogP contribution is 2.23. The SMILES string of the molecule is CCc1noc(-c2cccnc2-n2cnc(C(=O)Nc3ccccc3)c2)n1. The number of imidazole rings is 1. The van der Waals surface area contributed by atoms with Gasteiger partial charge >= 0.3 is 0 Å². The van der Waals surface area contributed by atoms with Crippen molar-refractivity contribution in [1.82, 2.24) is 24.7 Å². The number of para-hydroxylation sites is 1. The van der Waals surface area contributed by atoms with E-state index in [-0.39, 0.29) is 11.6 Å². The number of hydrogen-bond acceptors (Lipinski definition) is 6. The number of aromatic nitrogens is 5. The lowest BCUT2D eigenvalue weighted by atomic mass is 10.2. The minimum absolute atomic E-state index is 0.273. The van der Waals surface area contributed by atoms with Crippen molar-refractivity contribution < 1.29 is 9.32 Å². The average Bonchev–Trinajstić information content (AvgIpc) is 3.38. The second kappa shape index (κ2) is 7.20. The van der Waals surface area contributed by atoms with E-state index in [1.54, 1.807) is 23.0 Å². The predicted octanol–water partition coefficient (Wildman–Crippen LogP) is 3.13. The Morgan fingerprint density at radius 1 is 1.15 bits per heavy atom. The molecule has 0 aliphatic carbocycles. The highest BCUT2D eigenvalue weighted by Gasteiger charge is 2.17. The molecule has 8 heteroatoms. The molecule has 0 unspecified atom stereocenters. The topological polar surface area (TPSA) is 98.7 Å². The van der Waals surface area contributed by atoms with Gasteiger partial charge in [-0.3, -0.25) is 9.36 Å². The third kappa shape index (κ3) is 3.45. The van der Waals surface area contributed by atoms with Crippen molar-refractivity contribution in [2.75, 3.05) is 5.32 Å². The van der Waals surface area contributed by atoms with Crippen molar-refractivity contribution in [1.29, 1.82) is 0 Å². The predicted molar refractivity (Wildman–Crippen MR) is 98.4 cm³/mol. The summed E-state index contributed by atoms with van der Waals surface area (Å²) in [6.07, 6.45) is 5.47. The fourth-order valence-electron chi connectivity index (χ4n) is 2.55. The van der Waals surface area contributed by atoms with Crippen LogP contribution in [0.25, 0.3) is 17.3 Å². The summed E-state index contributed by atoms with van der Waals surface area (Å²) < 4.78 is 6.98. The number of anilines is 1. The van der Waals surface area contributed by atoms with Crippen LogP contribution in [0.4, 0.5) is 5.69 Å². The first kappa shape index (κ1) is 16.6. The van der Waals surface area contributed by atoms with Gasteiger partial charge in [0.1, 0.15) is 12.0 Å². The van der Waals surface area contributed by atoms with Crippen LogP contribution in [-0.2, 0) is 6.42 Å².